The van der Waals surface area contributed by atoms with Crippen molar-refractivity contribution in [3.8, 4) is 11.5 Å². The smallest absolute Gasteiger partial charge is 0.256 e. The first-order valence-electron chi connectivity index (χ1n) is 10.7. The summed E-state index contributed by atoms with van der Waals surface area (Å²) in [4.78, 5) is 29.8. The van der Waals surface area contributed by atoms with E-state index in [1.54, 1.807) is 37.4 Å². The number of hydrogen-bond donors (Lipinski definition) is 1. The third kappa shape index (κ3) is 4.26. The number of halogens is 3. The SMILES string of the molecule is CN(C(=O)c1ccc(Oc2cccc(F)c2)cc1)[C@@H]1COCc2[nH]c(=O)c3cc(F)c(F)cc3c21. The van der Waals surface area contributed by atoms with E-state index in [0.29, 0.717) is 28.3 Å². The summed E-state index contributed by atoms with van der Waals surface area (Å²) in [7, 11) is 1.57. The van der Waals surface area contributed by atoms with Crippen molar-refractivity contribution in [2.75, 3.05) is 13.7 Å². The predicted octanol–water partition coefficient (Wildman–Crippen LogP) is 5.08. The fourth-order valence-corrected chi connectivity index (χ4v) is 4.22. The van der Waals surface area contributed by atoms with Crippen LogP contribution in [0.25, 0.3) is 10.8 Å². The Morgan fingerprint density at radius 1 is 1.00 bits per heavy atom. The second kappa shape index (κ2) is 8.92. The summed E-state index contributed by atoms with van der Waals surface area (Å²) < 4.78 is 52.5. The van der Waals surface area contributed by atoms with Gasteiger partial charge in [0.15, 0.2) is 11.6 Å². The molecule has 6 nitrogen and oxygen atoms in total. The second-order valence-corrected chi connectivity index (χ2v) is 8.19. The number of aromatic amines is 1. The zero-order chi connectivity index (χ0) is 24.7. The quantitative estimate of drug-likeness (QED) is 0.442. The van der Waals surface area contributed by atoms with Gasteiger partial charge in [-0.1, -0.05) is 6.07 Å². The molecule has 3 aromatic carbocycles. The molecule has 178 valence electrons. The standard InChI is InChI=1S/C26H19F3N2O4/c1-31(26(33)14-5-7-16(8-6-14)35-17-4-2-3-15(27)9-17)23-13-34-12-22-24(23)18-10-20(28)21(29)11-19(18)25(32)30-22/h2-11,23H,12-13H2,1H3,(H,30,32)/t23-/m1/s1. The summed E-state index contributed by atoms with van der Waals surface area (Å²) in [6.45, 7) is 0.181. The number of likely N-dealkylation sites (N-methyl/N-ethyl adjacent to an activating group) is 1. The number of hydrogen-bond acceptors (Lipinski definition) is 4. The Labute approximate surface area is 197 Å². The van der Waals surface area contributed by atoms with Crippen LogP contribution in [0.1, 0.15) is 27.7 Å². The Hall–Kier alpha value is -4.11. The van der Waals surface area contributed by atoms with Crippen LogP contribution in [0.4, 0.5) is 13.2 Å². The van der Waals surface area contributed by atoms with Gasteiger partial charge in [0.2, 0.25) is 0 Å². The average Bonchev–Trinajstić information content (AvgIpc) is 2.84. The third-order valence-electron chi connectivity index (χ3n) is 5.96. The van der Waals surface area contributed by atoms with Crippen molar-refractivity contribution in [2.45, 2.75) is 12.6 Å². The van der Waals surface area contributed by atoms with Gasteiger partial charge in [0, 0.05) is 29.9 Å². The predicted molar refractivity (Wildman–Crippen MR) is 122 cm³/mol. The molecule has 0 saturated carbocycles. The minimum atomic E-state index is -1.13. The molecule has 1 amide bonds. The number of carbonyl (C=O) groups excluding carboxylic acids is 1. The number of benzene rings is 3. The third-order valence-corrected chi connectivity index (χ3v) is 5.96. The average molecular weight is 480 g/mol. The summed E-state index contributed by atoms with van der Waals surface area (Å²) in [5.41, 5.74) is 0.692. The van der Waals surface area contributed by atoms with E-state index in [0.717, 1.165) is 12.1 Å². The maximum absolute atomic E-state index is 14.1. The van der Waals surface area contributed by atoms with Gasteiger partial charge in [-0.05, 0) is 53.9 Å². The van der Waals surface area contributed by atoms with Crippen LogP contribution in [0.2, 0.25) is 0 Å². The molecule has 0 radical (unpaired) electrons. The lowest BCUT2D eigenvalue weighted by molar-refractivity contribution is 0.0335. The summed E-state index contributed by atoms with van der Waals surface area (Å²) in [6.07, 6.45) is 0. The summed E-state index contributed by atoms with van der Waals surface area (Å²) in [6, 6.07) is 13.2. The summed E-state index contributed by atoms with van der Waals surface area (Å²) in [5, 5.41) is 0.226. The lowest BCUT2D eigenvalue weighted by atomic mass is 9.95. The van der Waals surface area contributed by atoms with E-state index in [4.69, 9.17) is 9.47 Å². The molecule has 0 aliphatic carbocycles. The highest BCUT2D eigenvalue weighted by Crippen LogP contribution is 2.34. The van der Waals surface area contributed by atoms with Crippen molar-refractivity contribution in [3.05, 3.63) is 105 Å². The zero-order valence-corrected chi connectivity index (χ0v) is 18.5. The van der Waals surface area contributed by atoms with Crippen LogP contribution in [-0.4, -0.2) is 29.4 Å². The minimum absolute atomic E-state index is 0.00532. The van der Waals surface area contributed by atoms with Crippen molar-refractivity contribution >= 4 is 16.7 Å². The molecule has 0 unspecified atom stereocenters. The number of carbonyl (C=O) groups is 1. The molecule has 1 aromatic heterocycles. The van der Waals surface area contributed by atoms with Gasteiger partial charge in [-0.2, -0.15) is 0 Å². The molecule has 1 atom stereocenters. The molecule has 0 bridgehead atoms. The zero-order valence-electron chi connectivity index (χ0n) is 18.5. The van der Waals surface area contributed by atoms with Crippen LogP contribution in [0.3, 0.4) is 0 Å². The molecule has 0 spiro atoms. The van der Waals surface area contributed by atoms with E-state index in [2.05, 4.69) is 4.98 Å². The van der Waals surface area contributed by atoms with Gasteiger partial charge in [0.05, 0.1) is 24.6 Å². The topological polar surface area (TPSA) is 71.6 Å². The molecule has 1 aliphatic heterocycles. The van der Waals surface area contributed by atoms with Gasteiger partial charge in [-0.25, -0.2) is 13.2 Å². The van der Waals surface area contributed by atoms with E-state index in [9.17, 15) is 22.8 Å². The van der Waals surface area contributed by atoms with Gasteiger partial charge >= 0.3 is 0 Å². The number of fused-ring (bicyclic) bond motifs is 3. The van der Waals surface area contributed by atoms with E-state index in [1.165, 1.54) is 23.1 Å². The van der Waals surface area contributed by atoms with Crippen molar-refractivity contribution in [3.63, 3.8) is 0 Å². The van der Waals surface area contributed by atoms with Gasteiger partial charge in [0.25, 0.3) is 11.5 Å². The highest BCUT2D eigenvalue weighted by Gasteiger charge is 2.31. The highest BCUT2D eigenvalue weighted by atomic mass is 19.2. The molecule has 35 heavy (non-hydrogen) atoms. The second-order valence-electron chi connectivity index (χ2n) is 8.19. The number of aromatic nitrogens is 1. The fraction of sp³-hybridized carbons (Fsp3) is 0.154. The number of pyridine rings is 1. The molecule has 1 N–H and O–H groups in total. The van der Waals surface area contributed by atoms with Crippen molar-refractivity contribution < 1.29 is 27.4 Å². The van der Waals surface area contributed by atoms with Gasteiger partial charge in [-0.15, -0.1) is 0 Å². The number of nitrogens with zero attached hydrogens (tertiary/aromatic N) is 1. The molecule has 5 rings (SSSR count). The monoisotopic (exact) mass is 480 g/mol. The van der Waals surface area contributed by atoms with Crippen molar-refractivity contribution in [2.24, 2.45) is 0 Å². The molecule has 4 aromatic rings. The normalized spacial score (nSPS) is 15.0. The molecule has 0 fully saturated rings. The van der Waals surface area contributed by atoms with E-state index >= 15 is 0 Å². The Balaban J connectivity index is 1.45. The summed E-state index contributed by atoms with van der Waals surface area (Å²) >= 11 is 0. The van der Waals surface area contributed by atoms with Crippen LogP contribution in [0.5, 0.6) is 11.5 Å². The van der Waals surface area contributed by atoms with Crippen LogP contribution in [0.15, 0.2) is 65.5 Å². The van der Waals surface area contributed by atoms with Gasteiger partial charge < -0.3 is 19.4 Å². The van der Waals surface area contributed by atoms with E-state index in [1.807, 2.05) is 0 Å². The lowest BCUT2D eigenvalue weighted by Crippen LogP contribution is -2.37. The molecule has 0 saturated heterocycles. The molecule has 2 heterocycles. The number of H-pyrrole nitrogens is 1. The number of nitrogens with one attached hydrogen (secondary N) is 1. The first kappa shape index (κ1) is 22.7. The number of ether oxygens (including phenoxy) is 2. The van der Waals surface area contributed by atoms with E-state index in [-0.39, 0.29) is 29.9 Å². The fourth-order valence-electron chi connectivity index (χ4n) is 4.22. The Morgan fingerprint density at radius 3 is 2.43 bits per heavy atom. The van der Waals surface area contributed by atoms with Crippen LogP contribution >= 0.6 is 0 Å². The highest BCUT2D eigenvalue weighted by molar-refractivity contribution is 5.95. The Bertz CT molecular complexity index is 1500. The van der Waals surface area contributed by atoms with E-state index < -0.39 is 29.1 Å². The Morgan fingerprint density at radius 2 is 1.71 bits per heavy atom. The maximum Gasteiger partial charge on any atom is 0.256 e. The Kier molecular flexibility index (Phi) is 5.78. The lowest BCUT2D eigenvalue weighted by Gasteiger charge is -2.34. The first-order chi connectivity index (χ1) is 16.8. The van der Waals surface area contributed by atoms with Crippen LogP contribution < -0.4 is 10.3 Å². The van der Waals surface area contributed by atoms with Crippen LogP contribution in [-0.2, 0) is 11.3 Å². The van der Waals surface area contributed by atoms with Crippen molar-refractivity contribution in [1.82, 2.24) is 9.88 Å². The number of rotatable bonds is 4. The molecular weight excluding hydrogens is 461 g/mol. The number of amides is 1. The van der Waals surface area contributed by atoms with Gasteiger partial charge in [0.1, 0.15) is 17.3 Å². The van der Waals surface area contributed by atoms with Gasteiger partial charge in [-0.3, -0.25) is 9.59 Å². The minimum Gasteiger partial charge on any atom is -0.457 e. The maximum atomic E-state index is 14.1. The first-order valence-corrected chi connectivity index (χ1v) is 10.7. The summed E-state index contributed by atoms with van der Waals surface area (Å²) in [5.74, 6) is -2.26. The molecular formula is C26H19F3N2O4. The largest absolute Gasteiger partial charge is 0.457 e. The molecule has 9 heteroatoms. The van der Waals surface area contributed by atoms with Crippen molar-refractivity contribution in [1.29, 1.82) is 0 Å². The van der Waals surface area contributed by atoms with Crippen LogP contribution in [0, 0.1) is 17.5 Å². The molecule has 1 aliphatic rings.